The van der Waals surface area contributed by atoms with E-state index in [0.29, 0.717) is 25.2 Å². The topological polar surface area (TPSA) is 66.5 Å². The van der Waals surface area contributed by atoms with Crippen LogP contribution < -0.4 is 5.32 Å². The molecular formula is C16H22N2O3S2. The molecule has 5 nitrogen and oxygen atoms in total. The van der Waals surface area contributed by atoms with Crippen molar-refractivity contribution in [2.45, 2.75) is 54.1 Å². The summed E-state index contributed by atoms with van der Waals surface area (Å²) in [6, 6.07) is 5.08. The average Bonchev–Trinajstić information content (AvgIpc) is 2.84. The first-order valence-corrected chi connectivity index (χ1v) is 10.4. The van der Waals surface area contributed by atoms with Gasteiger partial charge in [0, 0.05) is 29.7 Å². The molecule has 1 aromatic carbocycles. The Morgan fingerprint density at radius 3 is 2.57 bits per heavy atom. The molecule has 0 aliphatic carbocycles. The molecule has 0 spiro atoms. The number of thioether (sulfide) groups is 1. The van der Waals surface area contributed by atoms with Crippen LogP contribution in [0, 0.1) is 0 Å². The van der Waals surface area contributed by atoms with Gasteiger partial charge in [0.1, 0.15) is 0 Å². The number of hydrogen-bond acceptors (Lipinski definition) is 4. The highest BCUT2D eigenvalue weighted by Crippen LogP contribution is 2.36. The minimum absolute atomic E-state index is 0.0620. The molecule has 0 unspecified atom stereocenters. The van der Waals surface area contributed by atoms with Crippen LogP contribution in [0.1, 0.15) is 39.0 Å². The number of hydrogen-bond donors (Lipinski definition) is 1. The maximum atomic E-state index is 12.9. The van der Waals surface area contributed by atoms with Gasteiger partial charge < -0.3 is 5.32 Å². The summed E-state index contributed by atoms with van der Waals surface area (Å²) in [7, 11) is -3.49. The minimum Gasteiger partial charge on any atom is -0.325 e. The highest BCUT2D eigenvalue weighted by molar-refractivity contribution is 8.00. The van der Waals surface area contributed by atoms with Crippen molar-refractivity contribution < 1.29 is 13.2 Å². The molecule has 0 radical (unpaired) electrons. The Bertz CT molecular complexity index is 695. The Morgan fingerprint density at radius 2 is 1.87 bits per heavy atom. The van der Waals surface area contributed by atoms with Crippen molar-refractivity contribution in [2.75, 3.05) is 18.4 Å². The maximum Gasteiger partial charge on any atom is 0.243 e. The number of carbonyl (C=O) groups is 1. The lowest BCUT2D eigenvalue weighted by atomic mass is 10.2. The van der Waals surface area contributed by atoms with Gasteiger partial charge in [-0.05, 0) is 31.0 Å². The maximum absolute atomic E-state index is 12.9. The summed E-state index contributed by atoms with van der Waals surface area (Å²) in [5.41, 5.74) is 0.611. The van der Waals surface area contributed by atoms with Gasteiger partial charge in [0.2, 0.25) is 15.9 Å². The fourth-order valence-corrected chi connectivity index (χ4v) is 5.62. The standard InChI is InChI=1S/C16H22N2O3S2/c1-12-10-16(19)17-14-11-13(6-7-15(14)22-12)23(20,21)18-8-4-2-3-5-9-18/h6-7,11-12H,2-5,8-10H2,1H3,(H,17,19)/t12-/m1/s1. The molecule has 1 N–H and O–H groups in total. The van der Waals surface area contributed by atoms with Crippen molar-refractivity contribution >= 4 is 33.4 Å². The molecule has 1 atom stereocenters. The lowest BCUT2D eigenvalue weighted by molar-refractivity contribution is -0.116. The Kier molecular flexibility index (Phi) is 4.98. The van der Waals surface area contributed by atoms with Crippen molar-refractivity contribution in [1.82, 2.24) is 4.31 Å². The second-order valence-electron chi connectivity index (χ2n) is 6.16. The van der Waals surface area contributed by atoms with Gasteiger partial charge in [-0.15, -0.1) is 11.8 Å². The van der Waals surface area contributed by atoms with E-state index >= 15 is 0 Å². The average molecular weight is 354 g/mol. The molecule has 1 aromatic rings. The molecule has 0 aromatic heterocycles. The van der Waals surface area contributed by atoms with E-state index in [1.807, 2.05) is 13.0 Å². The molecule has 1 fully saturated rings. The number of anilines is 1. The summed E-state index contributed by atoms with van der Waals surface area (Å²) >= 11 is 1.60. The van der Waals surface area contributed by atoms with Crippen LogP contribution in [0.3, 0.4) is 0 Å². The monoisotopic (exact) mass is 354 g/mol. The molecule has 2 aliphatic heterocycles. The van der Waals surface area contributed by atoms with E-state index in [4.69, 9.17) is 0 Å². The van der Waals surface area contributed by atoms with E-state index in [9.17, 15) is 13.2 Å². The largest absolute Gasteiger partial charge is 0.325 e. The van der Waals surface area contributed by atoms with Gasteiger partial charge >= 0.3 is 0 Å². The van der Waals surface area contributed by atoms with Crippen LogP contribution in [0.4, 0.5) is 5.69 Å². The van der Waals surface area contributed by atoms with Crippen LogP contribution in [0.2, 0.25) is 0 Å². The lowest BCUT2D eigenvalue weighted by Crippen LogP contribution is -2.32. The minimum atomic E-state index is -3.49. The zero-order chi connectivity index (χ0) is 16.4. The highest BCUT2D eigenvalue weighted by atomic mass is 32.2. The normalized spacial score (nSPS) is 23.5. The number of carbonyl (C=O) groups excluding carboxylic acids is 1. The van der Waals surface area contributed by atoms with Crippen LogP contribution in [0.25, 0.3) is 0 Å². The SMILES string of the molecule is C[C@@H]1CC(=O)Nc2cc(S(=O)(=O)N3CCCCCC3)ccc2S1. The van der Waals surface area contributed by atoms with Crippen LogP contribution in [0.15, 0.2) is 28.0 Å². The van der Waals surface area contributed by atoms with Gasteiger partial charge in [-0.25, -0.2) is 8.42 Å². The van der Waals surface area contributed by atoms with Gasteiger partial charge in [0.05, 0.1) is 10.6 Å². The number of benzene rings is 1. The summed E-state index contributed by atoms with van der Waals surface area (Å²) in [6.07, 6.45) is 4.43. The summed E-state index contributed by atoms with van der Waals surface area (Å²) in [5, 5.41) is 3.02. The second kappa shape index (κ2) is 6.83. The summed E-state index contributed by atoms with van der Waals surface area (Å²) in [5.74, 6) is -0.0620. The third-order valence-electron chi connectivity index (χ3n) is 4.23. The second-order valence-corrected chi connectivity index (χ2v) is 9.58. The number of fused-ring (bicyclic) bond motifs is 1. The van der Waals surface area contributed by atoms with Crippen molar-refractivity contribution in [3.63, 3.8) is 0 Å². The molecular weight excluding hydrogens is 332 g/mol. The summed E-state index contributed by atoms with van der Waals surface area (Å²) < 4.78 is 27.3. The summed E-state index contributed by atoms with van der Waals surface area (Å²) in [4.78, 5) is 13.1. The number of sulfonamides is 1. The van der Waals surface area contributed by atoms with Crippen LogP contribution in [0.5, 0.6) is 0 Å². The van der Waals surface area contributed by atoms with Gasteiger partial charge in [-0.3, -0.25) is 4.79 Å². The first-order chi connectivity index (χ1) is 11.0. The molecule has 0 bridgehead atoms. The van der Waals surface area contributed by atoms with Crippen LogP contribution in [-0.2, 0) is 14.8 Å². The molecule has 0 saturated carbocycles. The zero-order valence-corrected chi connectivity index (χ0v) is 14.9. The zero-order valence-electron chi connectivity index (χ0n) is 13.2. The Morgan fingerprint density at radius 1 is 1.17 bits per heavy atom. The van der Waals surface area contributed by atoms with Crippen molar-refractivity contribution in [3.8, 4) is 0 Å². The predicted octanol–water partition coefficient (Wildman–Crippen LogP) is 3.07. The number of rotatable bonds is 2. The van der Waals surface area contributed by atoms with E-state index in [0.717, 1.165) is 30.6 Å². The molecule has 1 amide bonds. The highest BCUT2D eigenvalue weighted by Gasteiger charge is 2.27. The molecule has 7 heteroatoms. The fourth-order valence-electron chi connectivity index (χ4n) is 3.02. The third-order valence-corrected chi connectivity index (χ3v) is 7.30. The van der Waals surface area contributed by atoms with E-state index in [1.165, 1.54) is 0 Å². The molecule has 3 rings (SSSR count). The van der Waals surface area contributed by atoms with Crippen molar-refractivity contribution in [2.24, 2.45) is 0 Å². The van der Waals surface area contributed by atoms with Crippen molar-refractivity contribution in [1.29, 1.82) is 0 Å². The first kappa shape index (κ1) is 16.8. The Hall–Kier alpha value is -1.05. The van der Waals surface area contributed by atoms with E-state index in [1.54, 1.807) is 28.2 Å². The van der Waals surface area contributed by atoms with Crippen LogP contribution >= 0.6 is 11.8 Å². The molecule has 2 heterocycles. The lowest BCUT2D eigenvalue weighted by Gasteiger charge is -2.20. The summed E-state index contributed by atoms with van der Waals surface area (Å²) in [6.45, 7) is 3.16. The van der Waals surface area contributed by atoms with E-state index < -0.39 is 10.0 Å². The van der Waals surface area contributed by atoms with Gasteiger partial charge in [0.15, 0.2) is 0 Å². The van der Waals surface area contributed by atoms with Crippen LogP contribution in [-0.4, -0.2) is 37.0 Å². The Balaban J connectivity index is 1.92. The Labute approximate surface area is 141 Å². The van der Waals surface area contributed by atoms with Crippen molar-refractivity contribution in [3.05, 3.63) is 18.2 Å². The van der Waals surface area contributed by atoms with Gasteiger partial charge in [-0.1, -0.05) is 19.8 Å². The number of amides is 1. The van der Waals surface area contributed by atoms with Gasteiger partial charge in [0.25, 0.3) is 0 Å². The van der Waals surface area contributed by atoms with E-state index in [-0.39, 0.29) is 16.1 Å². The fraction of sp³-hybridized carbons (Fsp3) is 0.562. The number of nitrogens with one attached hydrogen (secondary N) is 1. The number of nitrogens with zero attached hydrogens (tertiary/aromatic N) is 1. The third kappa shape index (κ3) is 3.72. The molecule has 23 heavy (non-hydrogen) atoms. The first-order valence-electron chi connectivity index (χ1n) is 8.07. The molecule has 126 valence electrons. The molecule has 1 saturated heterocycles. The van der Waals surface area contributed by atoms with Gasteiger partial charge in [-0.2, -0.15) is 4.31 Å². The quantitative estimate of drug-likeness (QED) is 0.886. The predicted molar refractivity (Wildman–Crippen MR) is 92.2 cm³/mol. The molecule has 2 aliphatic rings. The smallest absolute Gasteiger partial charge is 0.243 e. The van der Waals surface area contributed by atoms with E-state index in [2.05, 4.69) is 5.32 Å².